The lowest BCUT2D eigenvalue weighted by molar-refractivity contribution is 0.473. The first-order chi connectivity index (χ1) is 6.55. The van der Waals surface area contributed by atoms with Crippen molar-refractivity contribution in [2.75, 3.05) is 11.5 Å². The first-order valence-corrected chi connectivity index (χ1v) is 8.21. The molecular formula is C6H14O6S3. The second kappa shape index (κ2) is 5.48. The predicted octanol–water partition coefficient (Wildman–Crippen LogP) is 0.272. The molecule has 0 radical (unpaired) electrons. The average Bonchev–Trinajstić information content (AvgIpc) is 2.00. The maximum absolute atomic E-state index is 10.6. The van der Waals surface area contributed by atoms with Crippen molar-refractivity contribution in [1.82, 2.24) is 0 Å². The zero-order chi connectivity index (χ0) is 12.3. The van der Waals surface area contributed by atoms with Gasteiger partial charge in [-0.25, -0.2) is 0 Å². The smallest absolute Gasteiger partial charge is 0.268 e. The molecule has 0 fully saturated rings. The molecule has 0 amide bonds. The van der Waals surface area contributed by atoms with Crippen molar-refractivity contribution in [3.8, 4) is 0 Å². The molecule has 0 aromatic carbocycles. The van der Waals surface area contributed by atoms with Crippen molar-refractivity contribution in [2.24, 2.45) is 0 Å². The molecule has 0 aromatic heterocycles. The highest BCUT2D eigenvalue weighted by atomic mass is 32.2. The van der Waals surface area contributed by atoms with E-state index in [2.05, 4.69) is 0 Å². The Hall–Kier alpha value is 0.170. The highest BCUT2D eigenvalue weighted by Gasteiger charge is 2.20. The fourth-order valence-corrected chi connectivity index (χ4v) is 3.32. The van der Waals surface area contributed by atoms with E-state index in [1.165, 1.54) is 13.8 Å². The molecule has 0 bridgehead atoms. The third-order valence-electron chi connectivity index (χ3n) is 1.72. The van der Waals surface area contributed by atoms with Crippen molar-refractivity contribution in [3.05, 3.63) is 0 Å². The molecule has 2 unspecified atom stereocenters. The second-order valence-electron chi connectivity index (χ2n) is 3.19. The molecule has 92 valence electrons. The summed E-state index contributed by atoms with van der Waals surface area (Å²) in [6.45, 7) is 2.64. The monoisotopic (exact) mass is 278 g/mol. The molecule has 9 heteroatoms. The summed E-state index contributed by atoms with van der Waals surface area (Å²) < 4.78 is 59.5. The fraction of sp³-hybridized carbons (Fsp3) is 1.00. The van der Waals surface area contributed by atoms with Crippen molar-refractivity contribution in [3.63, 3.8) is 0 Å². The van der Waals surface area contributed by atoms with Gasteiger partial charge in [0.15, 0.2) is 0 Å². The molecule has 2 N–H and O–H groups in total. The Bertz CT molecular complexity index is 345. The summed E-state index contributed by atoms with van der Waals surface area (Å²) in [5.41, 5.74) is 0. The third kappa shape index (κ3) is 6.36. The quantitative estimate of drug-likeness (QED) is 0.671. The van der Waals surface area contributed by atoms with Crippen LogP contribution in [-0.4, -0.2) is 47.9 Å². The molecule has 0 aromatic rings. The maximum atomic E-state index is 10.6. The van der Waals surface area contributed by atoms with E-state index in [1.54, 1.807) is 0 Å². The molecule has 6 nitrogen and oxygen atoms in total. The van der Waals surface area contributed by atoms with Crippen LogP contribution in [0.2, 0.25) is 0 Å². The zero-order valence-corrected chi connectivity index (χ0v) is 10.8. The van der Waals surface area contributed by atoms with Crippen LogP contribution in [-0.2, 0) is 20.2 Å². The second-order valence-corrected chi connectivity index (χ2v) is 7.93. The van der Waals surface area contributed by atoms with Crippen molar-refractivity contribution in [1.29, 1.82) is 0 Å². The van der Waals surface area contributed by atoms with E-state index in [0.717, 1.165) is 11.8 Å². The van der Waals surface area contributed by atoms with Crippen LogP contribution in [0.15, 0.2) is 0 Å². The Morgan fingerprint density at radius 2 is 1.20 bits per heavy atom. The van der Waals surface area contributed by atoms with Crippen LogP contribution in [0, 0.1) is 0 Å². The summed E-state index contributed by atoms with van der Waals surface area (Å²) in [6, 6.07) is 0. The minimum absolute atomic E-state index is 0.0820. The standard InChI is InChI=1S/C6H14O6S3/c1-5(14(7,8)9)3-13-4-6(2)15(10,11)12/h5-6H,3-4H2,1-2H3,(H,7,8,9)(H,10,11,12). The van der Waals surface area contributed by atoms with E-state index in [0.29, 0.717) is 0 Å². The van der Waals surface area contributed by atoms with Crippen molar-refractivity contribution < 1.29 is 25.9 Å². The van der Waals surface area contributed by atoms with Gasteiger partial charge in [-0.05, 0) is 13.8 Å². The van der Waals surface area contributed by atoms with E-state index >= 15 is 0 Å². The Kier molecular flexibility index (Phi) is 5.55. The molecule has 0 rings (SSSR count). The Morgan fingerprint density at radius 3 is 1.40 bits per heavy atom. The van der Waals surface area contributed by atoms with E-state index in [1.807, 2.05) is 0 Å². The van der Waals surface area contributed by atoms with Gasteiger partial charge in [-0.1, -0.05) is 0 Å². The van der Waals surface area contributed by atoms with Crippen LogP contribution in [0.5, 0.6) is 0 Å². The van der Waals surface area contributed by atoms with Gasteiger partial charge in [-0.15, -0.1) is 0 Å². The lowest BCUT2D eigenvalue weighted by Gasteiger charge is -2.10. The molecule has 0 aliphatic heterocycles. The van der Waals surface area contributed by atoms with Crippen LogP contribution in [0.3, 0.4) is 0 Å². The maximum Gasteiger partial charge on any atom is 0.268 e. The number of thioether (sulfide) groups is 1. The summed E-state index contributed by atoms with van der Waals surface area (Å²) in [5.74, 6) is 0.164. The lowest BCUT2D eigenvalue weighted by atomic mass is 10.5. The molecule has 0 aliphatic rings. The van der Waals surface area contributed by atoms with Crippen molar-refractivity contribution in [2.45, 2.75) is 24.3 Å². The first kappa shape index (κ1) is 15.2. The summed E-state index contributed by atoms with van der Waals surface area (Å²) in [5, 5.41) is -1.90. The molecule has 0 aliphatic carbocycles. The van der Waals surface area contributed by atoms with Crippen LogP contribution >= 0.6 is 11.8 Å². The third-order valence-corrected chi connectivity index (χ3v) is 5.98. The SMILES string of the molecule is CC(CSCC(C)S(=O)(=O)O)S(=O)(=O)O. The molecule has 0 saturated carbocycles. The van der Waals surface area contributed by atoms with E-state index < -0.39 is 30.7 Å². The summed E-state index contributed by atoms with van der Waals surface area (Å²) in [7, 11) is -8.14. The summed E-state index contributed by atoms with van der Waals surface area (Å²) >= 11 is 1.04. The van der Waals surface area contributed by atoms with Gasteiger partial charge < -0.3 is 0 Å². The molecular weight excluding hydrogens is 264 g/mol. The van der Waals surface area contributed by atoms with E-state index in [4.69, 9.17) is 9.11 Å². The minimum Gasteiger partial charge on any atom is -0.285 e. The first-order valence-electron chi connectivity index (χ1n) is 4.05. The zero-order valence-electron chi connectivity index (χ0n) is 8.32. The lowest BCUT2D eigenvalue weighted by Crippen LogP contribution is -2.23. The van der Waals surface area contributed by atoms with Crippen LogP contribution in [0.1, 0.15) is 13.8 Å². The number of hydrogen-bond donors (Lipinski definition) is 2. The topological polar surface area (TPSA) is 109 Å². The normalized spacial score (nSPS) is 17.3. The van der Waals surface area contributed by atoms with Gasteiger partial charge in [0, 0.05) is 11.5 Å². The van der Waals surface area contributed by atoms with Gasteiger partial charge in [-0.2, -0.15) is 28.6 Å². The van der Waals surface area contributed by atoms with Crippen LogP contribution in [0.4, 0.5) is 0 Å². The van der Waals surface area contributed by atoms with Crippen molar-refractivity contribution >= 4 is 32.0 Å². The van der Waals surface area contributed by atoms with Gasteiger partial charge in [0.25, 0.3) is 20.2 Å². The van der Waals surface area contributed by atoms with Crippen LogP contribution in [0.25, 0.3) is 0 Å². The van der Waals surface area contributed by atoms with Gasteiger partial charge in [-0.3, -0.25) is 9.11 Å². The van der Waals surface area contributed by atoms with Gasteiger partial charge in [0.05, 0.1) is 10.5 Å². The number of rotatable bonds is 6. The summed E-state index contributed by atoms with van der Waals surface area (Å²) in [4.78, 5) is 0. The molecule has 0 heterocycles. The minimum atomic E-state index is -4.07. The molecule has 0 spiro atoms. The highest BCUT2D eigenvalue weighted by Crippen LogP contribution is 2.12. The molecule has 15 heavy (non-hydrogen) atoms. The van der Waals surface area contributed by atoms with Gasteiger partial charge >= 0.3 is 0 Å². The Balaban J connectivity index is 4.03. The summed E-state index contributed by atoms with van der Waals surface area (Å²) in [6.07, 6.45) is 0. The van der Waals surface area contributed by atoms with E-state index in [9.17, 15) is 16.8 Å². The van der Waals surface area contributed by atoms with Crippen LogP contribution < -0.4 is 0 Å². The number of hydrogen-bond acceptors (Lipinski definition) is 5. The Morgan fingerprint density at radius 1 is 0.933 bits per heavy atom. The molecule has 2 atom stereocenters. The van der Waals surface area contributed by atoms with Gasteiger partial charge in [0.1, 0.15) is 0 Å². The van der Waals surface area contributed by atoms with E-state index in [-0.39, 0.29) is 11.5 Å². The average molecular weight is 278 g/mol. The Labute approximate surface area is 93.9 Å². The van der Waals surface area contributed by atoms with Gasteiger partial charge in [0.2, 0.25) is 0 Å². The fourth-order valence-electron chi connectivity index (χ4n) is 0.572. The highest BCUT2D eigenvalue weighted by molar-refractivity contribution is 8.01. The molecule has 0 saturated heterocycles. The largest absolute Gasteiger partial charge is 0.285 e. The predicted molar refractivity (Wildman–Crippen MR) is 59.3 cm³/mol.